The number of hydrogen-bond acceptors (Lipinski definition) is 8. The topological polar surface area (TPSA) is 178 Å². The van der Waals surface area contributed by atoms with Crippen LogP contribution in [0.2, 0.25) is 0 Å². The third kappa shape index (κ3) is 5.49. The highest BCUT2D eigenvalue weighted by atomic mass is 16.6. The number of Topliss-reactive ketones (excluding diaryl/α,β-unsaturated/α-hetero) is 2. The number of ketones is 2. The molecule has 132 valence electrons. The second-order valence-electron chi connectivity index (χ2n) is 4.63. The van der Waals surface area contributed by atoms with Crippen LogP contribution in [0.1, 0.15) is 18.4 Å². The van der Waals surface area contributed by atoms with E-state index in [0.29, 0.717) is 0 Å². The van der Waals surface area contributed by atoms with Gasteiger partial charge in [0.25, 0.3) is 0 Å². The van der Waals surface area contributed by atoms with E-state index in [1.807, 2.05) is 0 Å². The highest BCUT2D eigenvalue weighted by molar-refractivity contribution is 6.34. The average molecular weight is 353 g/mol. The van der Waals surface area contributed by atoms with Crippen molar-refractivity contribution in [3.63, 3.8) is 0 Å². The zero-order chi connectivity index (χ0) is 19.1. The molecule has 1 rings (SSSR count). The van der Waals surface area contributed by atoms with E-state index in [2.05, 4.69) is 4.74 Å². The molecule has 0 unspecified atom stereocenters. The van der Waals surface area contributed by atoms with Crippen LogP contribution >= 0.6 is 0 Å². The normalized spacial score (nSPS) is 9.92. The van der Waals surface area contributed by atoms with Gasteiger partial charge in [0.15, 0.2) is 0 Å². The maximum absolute atomic E-state index is 11.6. The van der Waals surface area contributed by atoms with E-state index in [9.17, 15) is 34.1 Å². The number of carbonyl (C=O) groups excluding carboxylic acids is 3. The van der Waals surface area contributed by atoms with Crippen molar-refractivity contribution in [1.29, 1.82) is 0 Å². The lowest BCUT2D eigenvalue weighted by atomic mass is 10.1. The first kappa shape index (κ1) is 19.4. The summed E-state index contributed by atoms with van der Waals surface area (Å²) in [5, 5.41) is 28.2. The number of rotatable bonds is 9. The Labute approximate surface area is 139 Å². The van der Waals surface area contributed by atoms with Crippen LogP contribution in [-0.4, -0.2) is 44.6 Å². The Kier molecular flexibility index (Phi) is 6.44. The predicted molar refractivity (Wildman–Crippen MR) is 77.0 cm³/mol. The van der Waals surface area contributed by atoms with Crippen LogP contribution in [0.4, 0.5) is 5.69 Å². The fraction of sp³-hybridized carbons (Fsp3) is 0.214. The van der Waals surface area contributed by atoms with Gasteiger partial charge in [0.1, 0.15) is 0 Å². The van der Waals surface area contributed by atoms with Gasteiger partial charge in [-0.1, -0.05) is 12.1 Å². The van der Waals surface area contributed by atoms with Gasteiger partial charge in [-0.15, -0.1) is 0 Å². The largest absolute Gasteiger partial charge is 0.481 e. The summed E-state index contributed by atoms with van der Waals surface area (Å²) in [6.07, 6.45) is -2.09. The van der Waals surface area contributed by atoms with Gasteiger partial charge in [-0.25, -0.2) is 9.59 Å². The van der Waals surface area contributed by atoms with Crippen LogP contribution in [-0.2, 0) is 30.4 Å². The number of carboxylic acid groups (broad SMARTS) is 2. The van der Waals surface area contributed by atoms with E-state index in [1.165, 1.54) is 6.07 Å². The molecule has 11 heteroatoms. The van der Waals surface area contributed by atoms with E-state index in [0.717, 1.165) is 12.1 Å². The minimum Gasteiger partial charge on any atom is -0.481 e. The number of nitro groups is 1. The zero-order valence-electron chi connectivity index (χ0n) is 12.5. The van der Waals surface area contributed by atoms with E-state index in [1.54, 1.807) is 0 Å². The number of para-hydroxylation sites is 1. The average Bonchev–Trinajstić information content (AvgIpc) is 2.52. The predicted octanol–water partition coefficient (Wildman–Crippen LogP) is 0.130. The first-order valence-corrected chi connectivity index (χ1v) is 6.62. The molecule has 0 aliphatic heterocycles. The van der Waals surface area contributed by atoms with Crippen molar-refractivity contribution >= 4 is 35.2 Å². The highest BCUT2D eigenvalue weighted by Crippen LogP contribution is 2.31. The van der Waals surface area contributed by atoms with Gasteiger partial charge in [0.05, 0.1) is 11.3 Å². The van der Waals surface area contributed by atoms with Crippen LogP contribution in [0.15, 0.2) is 18.2 Å². The fourth-order valence-electron chi connectivity index (χ4n) is 1.73. The lowest BCUT2D eigenvalue weighted by Gasteiger charge is -2.07. The van der Waals surface area contributed by atoms with Gasteiger partial charge in [-0.05, 0) is 6.07 Å². The lowest BCUT2D eigenvalue weighted by molar-refractivity contribution is -0.386. The first-order valence-electron chi connectivity index (χ1n) is 6.62. The fourth-order valence-corrected chi connectivity index (χ4v) is 1.73. The molecule has 0 amide bonds. The van der Waals surface area contributed by atoms with Crippen molar-refractivity contribution in [2.24, 2.45) is 0 Å². The number of carbonyl (C=O) groups is 5. The smallest absolute Gasteiger partial charge is 0.380 e. The molecule has 0 spiro atoms. The van der Waals surface area contributed by atoms with Gasteiger partial charge >= 0.3 is 23.6 Å². The zero-order valence-corrected chi connectivity index (χ0v) is 12.5. The molecule has 25 heavy (non-hydrogen) atoms. The second kappa shape index (κ2) is 8.29. The van der Waals surface area contributed by atoms with Gasteiger partial charge < -0.3 is 14.9 Å². The monoisotopic (exact) mass is 353 g/mol. The molecule has 0 radical (unpaired) electrons. The number of esters is 1. The third-order valence-corrected chi connectivity index (χ3v) is 2.85. The molecule has 0 bridgehead atoms. The van der Waals surface area contributed by atoms with Crippen molar-refractivity contribution in [2.75, 3.05) is 0 Å². The molecule has 0 saturated carbocycles. The summed E-state index contributed by atoms with van der Waals surface area (Å²) in [6.45, 7) is 0. The molecule has 0 fully saturated rings. The Hall–Kier alpha value is -3.63. The molecule has 11 nitrogen and oxygen atoms in total. The quantitative estimate of drug-likeness (QED) is 0.204. The minimum absolute atomic E-state index is 0.319. The number of benzene rings is 1. The summed E-state index contributed by atoms with van der Waals surface area (Å²) >= 11 is 0. The Morgan fingerprint density at radius 2 is 1.68 bits per heavy atom. The van der Waals surface area contributed by atoms with Crippen LogP contribution < -0.4 is 4.74 Å². The number of nitro benzene ring substituents is 1. The summed E-state index contributed by atoms with van der Waals surface area (Å²) in [4.78, 5) is 65.4. The first-order chi connectivity index (χ1) is 11.6. The number of carboxylic acids is 2. The molecule has 0 saturated heterocycles. The molecular formula is C14H11NO10. The van der Waals surface area contributed by atoms with Gasteiger partial charge in [-0.3, -0.25) is 24.5 Å². The summed E-state index contributed by atoms with van der Waals surface area (Å²) in [6, 6.07) is 3.25. The second-order valence-corrected chi connectivity index (χ2v) is 4.63. The molecule has 2 N–H and O–H groups in total. The Balaban J connectivity index is 3.07. The van der Waals surface area contributed by atoms with Crippen LogP contribution in [0, 0.1) is 10.1 Å². The molecule has 0 heterocycles. The number of hydrogen-bond donors (Lipinski definition) is 2. The van der Waals surface area contributed by atoms with Crippen molar-refractivity contribution in [1.82, 2.24) is 0 Å². The minimum atomic E-state index is -1.79. The maximum Gasteiger partial charge on any atom is 0.380 e. The Bertz CT molecular complexity index is 767. The number of nitrogens with zero attached hydrogens (tertiary/aromatic N) is 1. The van der Waals surface area contributed by atoms with E-state index in [4.69, 9.17) is 10.2 Å². The van der Waals surface area contributed by atoms with E-state index >= 15 is 0 Å². The van der Waals surface area contributed by atoms with Crippen LogP contribution in [0.25, 0.3) is 0 Å². The molecule has 0 aliphatic rings. The Morgan fingerprint density at radius 1 is 1.04 bits per heavy atom. The summed E-state index contributed by atoms with van der Waals surface area (Å²) in [5.41, 5.74) is -1.16. The summed E-state index contributed by atoms with van der Waals surface area (Å²) < 4.78 is 4.60. The molecule has 0 aliphatic carbocycles. The lowest BCUT2D eigenvalue weighted by Crippen LogP contribution is -2.22. The van der Waals surface area contributed by atoms with Gasteiger partial charge in [0, 0.05) is 18.4 Å². The Morgan fingerprint density at radius 3 is 2.20 bits per heavy atom. The third-order valence-electron chi connectivity index (χ3n) is 2.85. The van der Waals surface area contributed by atoms with Crippen molar-refractivity contribution in [3.05, 3.63) is 33.9 Å². The van der Waals surface area contributed by atoms with Gasteiger partial charge in [0.2, 0.25) is 17.3 Å². The highest BCUT2D eigenvalue weighted by Gasteiger charge is 2.27. The van der Waals surface area contributed by atoms with Crippen molar-refractivity contribution < 1.29 is 43.8 Å². The number of aliphatic carboxylic acids is 2. The molecular weight excluding hydrogens is 342 g/mol. The van der Waals surface area contributed by atoms with E-state index < -0.39 is 65.1 Å². The SMILES string of the molecule is O=C(O)CCC(=O)C(=O)Oc1cccc(CC(=O)C(=O)O)c1[N+](=O)[O-]. The van der Waals surface area contributed by atoms with Crippen molar-refractivity contribution in [2.45, 2.75) is 19.3 Å². The maximum atomic E-state index is 11.6. The van der Waals surface area contributed by atoms with E-state index in [-0.39, 0.29) is 5.56 Å². The molecule has 0 aromatic heterocycles. The summed E-state index contributed by atoms with van der Waals surface area (Å²) in [7, 11) is 0. The molecule has 0 atom stereocenters. The van der Waals surface area contributed by atoms with Crippen molar-refractivity contribution in [3.8, 4) is 5.75 Å². The standard InChI is InChI=1S/C14H11NO10/c16-8(4-5-11(18)19)14(22)25-10-3-1-2-7(12(10)15(23)24)6-9(17)13(20)21/h1-3H,4-6H2,(H,18,19)(H,20,21). The number of ether oxygens (including phenoxy) is 1. The summed E-state index contributed by atoms with van der Waals surface area (Å²) in [5.74, 6) is -7.80. The van der Waals surface area contributed by atoms with Crippen LogP contribution in [0.5, 0.6) is 5.75 Å². The molecule has 1 aromatic rings. The molecule has 1 aromatic carbocycles. The van der Waals surface area contributed by atoms with Gasteiger partial charge in [-0.2, -0.15) is 0 Å². The van der Waals surface area contributed by atoms with Crippen LogP contribution in [0.3, 0.4) is 0 Å².